The van der Waals surface area contributed by atoms with E-state index in [1.54, 1.807) is 6.07 Å². The highest BCUT2D eigenvalue weighted by Crippen LogP contribution is 2.27. The highest BCUT2D eigenvalue weighted by atomic mass is 19.1. The predicted molar refractivity (Wildman–Crippen MR) is 95.6 cm³/mol. The van der Waals surface area contributed by atoms with Crippen molar-refractivity contribution in [2.45, 2.75) is 20.0 Å². The number of hydrogen-bond donors (Lipinski definition) is 1. The van der Waals surface area contributed by atoms with Gasteiger partial charge in [-0.1, -0.05) is 6.92 Å². The first kappa shape index (κ1) is 18.4. The molecule has 0 amide bonds. The summed E-state index contributed by atoms with van der Waals surface area (Å²) in [6.07, 6.45) is 0.575. The molecule has 0 atom stereocenters. The quantitative estimate of drug-likeness (QED) is 0.544. The minimum absolute atomic E-state index is 0.0186. The van der Waals surface area contributed by atoms with Gasteiger partial charge in [0.2, 0.25) is 0 Å². The van der Waals surface area contributed by atoms with Gasteiger partial charge in [0.15, 0.2) is 11.6 Å². The van der Waals surface area contributed by atoms with Crippen LogP contribution in [0, 0.1) is 5.82 Å². The number of esters is 1. The molecule has 0 aliphatic heterocycles. The lowest BCUT2D eigenvalue weighted by molar-refractivity contribution is 0.0473. The standard InChI is InChI=1S/C20H17FO6/c1-3-11-6-14-13(8-19(23)27-18(14)9-16(11)22)10-26-20(24)12-4-5-17(25-2)15(21)7-12/h4-9,22H,3,10H2,1-2H3. The Morgan fingerprint density at radius 1 is 1.19 bits per heavy atom. The van der Waals surface area contributed by atoms with Crippen molar-refractivity contribution < 1.29 is 28.2 Å². The third-order valence-electron chi connectivity index (χ3n) is 4.16. The van der Waals surface area contributed by atoms with Crippen LogP contribution in [0.4, 0.5) is 4.39 Å². The molecule has 0 saturated heterocycles. The van der Waals surface area contributed by atoms with Crippen LogP contribution < -0.4 is 10.4 Å². The Morgan fingerprint density at radius 3 is 2.63 bits per heavy atom. The molecule has 6 nitrogen and oxygen atoms in total. The van der Waals surface area contributed by atoms with Crippen molar-refractivity contribution in [2.24, 2.45) is 0 Å². The molecule has 3 rings (SSSR count). The van der Waals surface area contributed by atoms with Crippen LogP contribution in [0.15, 0.2) is 45.6 Å². The molecule has 140 valence electrons. The Morgan fingerprint density at radius 2 is 1.96 bits per heavy atom. The Bertz CT molecular complexity index is 1070. The highest BCUT2D eigenvalue weighted by molar-refractivity contribution is 5.90. The number of methoxy groups -OCH3 is 1. The van der Waals surface area contributed by atoms with Crippen molar-refractivity contribution in [2.75, 3.05) is 7.11 Å². The van der Waals surface area contributed by atoms with Crippen molar-refractivity contribution in [3.8, 4) is 11.5 Å². The Labute approximate surface area is 153 Å². The molecular formula is C20H17FO6. The Kier molecular flexibility index (Phi) is 5.12. The van der Waals surface area contributed by atoms with E-state index in [0.29, 0.717) is 22.9 Å². The summed E-state index contributed by atoms with van der Waals surface area (Å²) in [4.78, 5) is 23.9. The normalized spacial score (nSPS) is 10.8. The fraction of sp³-hybridized carbons (Fsp3) is 0.200. The van der Waals surface area contributed by atoms with Crippen molar-refractivity contribution in [1.29, 1.82) is 0 Å². The lowest BCUT2D eigenvalue weighted by Gasteiger charge is -2.10. The molecule has 0 fully saturated rings. The number of halogens is 1. The molecule has 1 heterocycles. The van der Waals surface area contributed by atoms with Gasteiger partial charge in [-0.25, -0.2) is 14.0 Å². The number of phenolic OH excluding ortho intramolecular Hbond substituents is 1. The summed E-state index contributed by atoms with van der Waals surface area (Å²) in [5, 5.41) is 10.5. The maximum atomic E-state index is 13.7. The van der Waals surface area contributed by atoms with Gasteiger partial charge in [0.1, 0.15) is 17.9 Å². The zero-order valence-electron chi connectivity index (χ0n) is 14.7. The van der Waals surface area contributed by atoms with Gasteiger partial charge >= 0.3 is 11.6 Å². The monoisotopic (exact) mass is 372 g/mol. The molecule has 0 radical (unpaired) electrons. The molecular weight excluding hydrogens is 355 g/mol. The Hall–Kier alpha value is -3.35. The van der Waals surface area contributed by atoms with Gasteiger partial charge in [-0.15, -0.1) is 0 Å². The molecule has 27 heavy (non-hydrogen) atoms. The molecule has 1 aromatic heterocycles. The second-order valence-electron chi connectivity index (χ2n) is 5.85. The fourth-order valence-corrected chi connectivity index (χ4v) is 2.73. The number of aryl methyl sites for hydroxylation is 1. The van der Waals surface area contributed by atoms with E-state index in [9.17, 15) is 19.1 Å². The molecule has 2 aromatic carbocycles. The summed E-state index contributed by atoms with van der Waals surface area (Å²) in [6.45, 7) is 1.67. The van der Waals surface area contributed by atoms with Crippen LogP contribution in [0.1, 0.15) is 28.4 Å². The van der Waals surface area contributed by atoms with Gasteiger partial charge in [0, 0.05) is 23.1 Å². The molecule has 0 spiro atoms. The van der Waals surface area contributed by atoms with E-state index < -0.39 is 17.4 Å². The van der Waals surface area contributed by atoms with Crippen LogP contribution in [0.3, 0.4) is 0 Å². The number of phenols is 1. The summed E-state index contributed by atoms with van der Waals surface area (Å²) >= 11 is 0. The third-order valence-corrected chi connectivity index (χ3v) is 4.16. The van der Waals surface area contributed by atoms with Gasteiger partial charge in [-0.3, -0.25) is 0 Å². The lowest BCUT2D eigenvalue weighted by Crippen LogP contribution is -2.08. The maximum absolute atomic E-state index is 13.7. The maximum Gasteiger partial charge on any atom is 0.338 e. The number of fused-ring (bicyclic) bond motifs is 1. The smallest absolute Gasteiger partial charge is 0.338 e. The predicted octanol–water partition coefficient (Wildman–Crippen LogP) is 3.57. The minimum Gasteiger partial charge on any atom is -0.508 e. The molecule has 0 aliphatic rings. The van der Waals surface area contributed by atoms with Gasteiger partial charge in [-0.05, 0) is 36.2 Å². The molecule has 1 N–H and O–H groups in total. The van der Waals surface area contributed by atoms with Gasteiger partial charge in [0.05, 0.1) is 12.7 Å². The largest absolute Gasteiger partial charge is 0.508 e. The van der Waals surface area contributed by atoms with Crippen LogP contribution in [-0.4, -0.2) is 18.2 Å². The van der Waals surface area contributed by atoms with E-state index in [4.69, 9.17) is 13.9 Å². The summed E-state index contributed by atoms with van der Waals surface area (Å²) in [6, 6.07) is 8.00. The summed E-state index contributed by atoms with van der Waals surface area (Å²) in [5.41, 5.74) is 0.679. The average Bonchev–Trinajstić information content (AvgIpc) is 2.65. The number of hydrogen-bond acceptors (Lipinski definition) is 6. The van der Waals surface area contributed by atoms with E-state index in [1.807, 2.05) is 6.92 Å². The number of carbonyl (C=O) groups is 1. The topological polar surface area (TPSA) is 86.0 Å². The second-order valence-corrected chi connectivity index (χ2v) is 5.85. The SMILES string of the molecule is CCc1cc2c(COC(=O)c3ccc(OC)c(F)c3)cc(=O)oc2cc1O. The van der Waals surface area contributed by atoms with Crippen molar-refractivity contribution >= 4 is 16.9 Å². The molecule has 3 aromatic rings. The summed E-state index contributed by atoms with van der Waals surface area (Å²) in [7, 11) is 1.32. The van der Waals surface area contributed by atoms with Crippen LogP contribution in [0.25, 0.3) is 11.0 Å². The van der Waals surface area contributed by atoms with Crippen LogP contribution >= 0.6 is 0 Å². The molecule has 0 unspecified atom stereocenters. The van der Waals surface area contributed by atoms with E-state index >= 15 is 0 Å². The lowest BCUT2D eigenvalue weighted by atomic mass is 10.0. The van der Waals surface area contributed by atoms with E-state index in [1.165, 1.54) is 31.4 Å². The van der Waals surface area contributed by atoms with Crippen LogP contribution in [-0.2, 0) is 17.8 Å². The van der Waals surface area contributed by atoms with Crippen LogP contribution in [0.5, 0.6) is 11.5 Å². The van der Waals surface area contributed by atoms with Gasteiger partial charge < -0.3 is 19.0 Å². The number of carbonyl (C=O) groups excluding carboxylic acids is 1. The van der Waals surface area contributed by atoms with Gasteiger partial charge in [0.25, 0.3) is 0 Å². The summed E-state index contributed by atoms with van der Waals surface area (Å²) in [5.74, 6) is -1.38. The van der Waals surface area contributed by atoms with Crippen LogP contribution in [0.2, 0.25) is 0 Å². The van der Waals surface area contributed by atoms with Crippen molar-refractivity contribution in [3.05, 3.63) is 69.3 Å². The average molecular weight is 372 g/mol. The number of benzene rings is 2. The summed E-state index contributed by atoms with van der Waals surface area (Å²) < 4.78 is 28.9. The van der Waals surface area contributed by atoms with E-state index in [-0.39, 0.29) is 29.3 Å². The first-order chi connectivity index (χ1) is 12.9. The fourth-order valence-electron chi connectivity index (χ4n) is 2.73. The van der Waals surface area contributed by atoms with Gasteiger partial charge in [-0.2, -0.15) is 0 Å². The van der Waals surface area contributed by atoms with E-state index in [2.05, 4.69) is 0 Å². The third kappa shape index (κ3) is 3.76. The Balaban J connectivity index is 1.89. The number of rotatable bonds is 5. The highest BCUT2D eigenvalue weighted by Gasteiger charge is 2.14. The molecule has 7 heteroatoms. The van der Waals surface area contributed by atoms with E-state index in [0.717, 1.165) is 6.07 Å². The first-order valence-corrected chi connectivity index (χ1v) is 8.22. The minimum atomic E-state index is -0.743. The first-order valence-electron chi connectivity index (χ1n) is 8.22. The number of aromatic hydroxyl groups is 1. The zero-order valence-corrected chi connectivity index (χ0v) is 14.7. The number of ether oxygens (including phenoxy) is 2. The second kappa shape index (κ2) is 7.49. The molecule has 0 saturated carbocycles. The van der Waals surface area contributed by atoms with Crippen molar-refractivity contribution in [3.63, 3.8) is 0 Å². The zero-order chi connectivity index (χ0) is 19.6. The van der Waals surface area contributed by atoms with Crippen molar-refractivity contribution in [1.82, 2.24) is 0 Å². The molecule has 0 aliphatic carbocycles. The molecule has 0 bridgehead atoms.